The Kier molecular flexibility index (Phi) is 5.13. The molecule has 7 nitrogen and oxygen atoms in total. The van der Waals surface area contributed by atoms with Gasteiger partial charge in [0, 0.05) is 24.7 Å². The molecule has 0 spiro atoms. The minimum atomic E-state index is -0.423. The summed E-state index contributed by atoms with van der Waals surface area (Å²) < 4.78 is 11.0. The molecule has 1 aromatic carbocycles. The van der Waals surface area contributed by atoms with Crippen LogP contribution in [0.2, 0.25) is 0 Å². The Hall–Kier alpha value is -2.28. The SMILES string of the molecule is CC(C)[C@H](CO)NC(=O)[C@@H]1CC(=O)N(c2ccc3c(c2)OCCO3)C1. The second-order valence-corrected chi connectivity index (χ2v) is 6.78. The van der Waals surface area contributed by atoms with Crippen molar-refractivity contribution in [2.75, 3.05) is 31.3 Å². The van der Waals surface area contributed by atoms with Gasteiger partial charge in [0.1, 0.15) is 13.2 Å². The number of amides is 2. The lowest BCUT2D eigenvalue weighted by atomic mass is 10.0. The van der Waals surface area contributed by atoms with Gasteiger partial charge in [0.15, 0.2) is 11.5 Å². The summed E-state index contributed by atoms with van der Waals surface area (Å²) in [4.78, 5) is 26.4. The molecule has 0 aromatic heterocycles. The van der Waals surface area contributed by atoms with Gasteiger partial charge >= 0.3 is 0 Å². The predicted molar refractivity (Wildman–Crippen MR) is 91.7 cm³/mol. The molecule has 2 aliphatic rings. The van der Waals surface area contributed by atoms with Crippen molar-refractivity contribution in [2.45, 2.75) is 26.3 Å². The van der Waals surface area contributed by atoms with Gasteiger partial charge in [-0.1, -0.05) is 13.8 Å². The van der Waals surface area contributed by atoms with E-state index in [1.165, 1.54) is 0 Å². The maximum Gasteiger partial charge on any atom is 0.227 e. The van der Waals surface area contributed by atoms with Gasteiger partial charge in [0.2, 0.25) is 11.8 Å². The molecule has 0 bridgehead atoms. The number of carbonyl (C=O) groups is 2. The van der Waals surface area contributed by atoms with Gasteiger partial charge in [-0.05, 0) is 18.1 Å². The second kappa shape index (κ2) is 7.31. The van der Waals surface area contributed by atoms with Crippen molar-refractivity contribution < 1.29 is 24.2 Å². The van der Waals surface area contributed by atoms with Crippen LogP contribution in [0, 0.1) is 11.8 Å². The number of aliphatic hydroxyl groups is 1. The Labute approximate surface area is 146 Å². The van der Waals surface area contributed by atoms with Gasteiger partial charge < -0.3 is 24.8 Å². The molecular weight excluding hydrogens is 324 g/mol. The summed E-state index contributed by atoms with van der Waals surface area (Å²) in [6.07, 6.45) is 0.163. The third-order valence-electron chi connectivity index (χ3n) is 4.66. The fraction of sp³-hybridized carbons (Fsp3) is 0.556. The first-order valence-electron chi connectivity index (χ1n) is 8.61. The molecule has 2 atom stereocenters. The number of aliphatic hydroxyl groups excluding tert-OH is 1. The number of rotatable bonds is 5. The number of hydrogen-bond donors (Lipinski definition) is 2. The summed E-state index contributed by atoms with van der Waals surface area (Å²) >= 11 is 0. The molecular formula is C18H24N2O5. The van der Waals surface area contributed by atoms with Crippen LogP contribution in [0.1, 0.15) is 20.3 Å². The van der Waals surface area contributed by atoms with E-state index >= 15 is 0 Å². The average Bonchev–Trinajstić information content (AvgIpc) is 3.00. The van der Waals surface area contributed by atoms with Crippen molar-refractivity contribution in [1.82, 2.24) is 5.32 Å². The van der Waals surface area contributed by atoms with Gasteiger partial charge in [-0.25, -0.2) is 0 Å². The third kappa shape index (κ3) is 3.71. The molecule has 7 heteroatoms. The highest BCUT2D eigenvalue weighted by atomic mass is 16.6. The largest absolute Gasteiger partial charge is 0.486 e. The number of carbonyl (C=O) groups excluding carboxylic acids is 2. The van der Waals surface area contributed by atoms with E-state index in [4.69, 9.17) is 9.47 Å². The summed E-state index contributed by atoms with van der Waals surface area (Å²) in [5.74, 6) is 0.694. The molecule has 1 saturated heterocycles. The number of ether oxygens (including phenoxy) is 2. The summed E-state index contributed by atoms with van der Waals surface area (Å²) in [6.45, 7) is 5.06. The van der Waals surface area contributed by atoms with Gasteiger partial charge in [-0.3, -0.25) is 9.59 Å². The topological polar surface area (TPSA) is 88.1 Å². The molecule has 1 fully saturated rings. The average molecular weight is 348 g/mol. The molecule has 2 amide bonds. The van der Waals surface area contributed by atoms with Crippen LogP contribution in [0.5, 0.6) is 11.5 Å². The number of anilines is 1. The van der Waals surface area contributed by atoms with Crippen LogP contribution < -0.4 is 19.7 Å². The van der Waals surface area contributed by atoms with Crippen molar-refractivity contribution in [2.24, 2.45) is 11.8 Å². The zero-order chi connectivity index (χ0) is 18.0. The lowest BCUT2D eigenvalue weighted by Crippen LogP contribution is -2.44. The normalized spacial score (nSPS) is 20.7. The van der Waals surface area contributed by atoms with E-state index < -0.39 is 5.92 Å². The third-order valence-corrected chi connectivity index (χ3v) is 4.66. The van der Waals surface area contributed by atoms with E-state index in [1.54, 1.807) is 23.1 Å². The number of benzene rings is 1. The van der Waals surface area contributed by atoms with E-state index in [0.717, 1.165) is 0 Å². The monoisotopic (exact) mass is 348 g/mol. The van der Waals surface area contributed by atoms with Crippen molar-refractivity contribution in [3.63, 3.8) is 0 Å². The minimum Gasteiger partial charge on any atom is -0.486 e. The highest BCUT2D eigenvalue weighted by Gasteiger charge is 2.36. The number of nitrogens with zero attached hydrogens (tertiary/aromatic N) is 1. The Morgan fingerprint density at radius 2 is 2.04 bits per heavy atom. The van der Waals surface area contributed by atoms with Crippen LogP contribution in [0.15, 0.2) is 18.2 Å². The van der Waals surface area contributed by atoms with Crippen LogP contribution in [0.4, 0.5) is 5.69 Å². The molecule has 0 unspecified atom stereocenters. The molecule has 25 heavy (non-hydrogen) atoms. The predicted octanol–water partition coefficient (Wildman–Crippen LogP) is 0.944. The van der Waals surface area contributed by atoms with Crippen molar-refractivity contribution in [3.05, 3.63) is 18.2 Å². The number of nitrogens with one attached hydrogen (secondary N) is 1. The summed E-state index contributed by atoms with van der Waals surface area (Å²) in [6, 6.07) is 5.06. The highest BCUT2D eigenvalue weighted by Crippen LogP contribution is 2.36. The maximum atomic E-state index is 12.4. The Morgan fingerprint density at radius 1 is 1.32 bits per heavy atom. The van der Waals surface area contributed by atoms with Crippen molar-refractivity contribution in [1.29, 1.82) is 0 Å². The van der Waals surface area contributed by atoms with E-state index in [2.05, 4.69) is 5.32 Å². The molecule has 0 saturated carbocycles. The van der Waals surface area contributed by atoms with Crippen molar-refractivity contribution >= 4 is 17.5 Å². The molecule has 0 aliphatic carbocycles. The van der Waals surface area contributed by atoms with Gasteiger partial charge in [-0.2, -0.15) is 0 Å². The summed E-state index contributed by atoms with van der Waals surface area (Å²) in [5.41, 5.74) is 0.701. The highest BCUT2D eigenvalue weighted by molar-refractivity contribution is 6.00. The fourth-order valence-corrected chi connectivity index (χ4v) is 3.06. The van der Waals surface area contributed by atoms with Gasteiger partial charge in [-0.15, -0.1) is 0 Å². The zero-order valence-corrected chi connectivity index (χ0v) is 14.5. The second-order valence-electron chi connectivity index (χ2n) is 6.78. The molecule has 0 radical (unpaired) electrons. The minimum absolute atomic E-state index is 0.0954. The maximum absolute atomic E-state index is 12.4. The van der Waals surface area contributed by atoms with Gasteiger partial charge in [0.05, 0.1) is 18.6 Å². The fourth-order valence-electron chi connectivity index (χ4n) is 3.06. The molecule has 3 rings (SSSR count). The summed E-state index contributed by atoms with van der Waals surface area (Å²) in [7, 11) is 0. The zero-order valence-electron chi connectivity index (χ0n) is 14.5. The van der Waals surface area contributed by atoms with Crippen LogP contribution in [0.3, 0.4) is 0 Å². The van der Waals surface area contributed by atoms with Crippen molar-refractivity contribution in [3.8, 4) is 11.5 Å². The van der Waals surface area contributed by atoms with Gasteiger partial charge in [0.25, 0.3) is 0 Å². The van der Waals surface area contributed by atoms with E-state index in [0.29, 0.717) is 36.9 Å². The standard InChI is InChI=1S/C18H24N2O5/c1-11(2)14(10-21)19-18(23)12-7-17(22)20(9-12)13-3-4-15-16(8-13)25-6-5-24-15/h3-4,8,11-12,14,21H,5-7,9-10H2,1-2H3,(H,19,23)/t12-,14+/m1/s1. The Balaban J connectivity index is 1.69. The molecule has 2 aliphatic heterocycles. The molecule has 136 valence electrons. The smallest absolute Gasteiger partial charge is 0.227 e. The first kappa shape index (κ1) is 17.5. The number of hydrogen-bond acceptors (Lipinski definition) is 5. The van der Waals surface area contributed by atoms with Crippen LogP contribution in [0.25, 0.3) is 0 Å². The van der Waals surface area contributed by atoms with Crippen LogP contribution >= 0.6 is 0 Å². The quantitative estimate of drug-likeness (QED) is 0.827. The Morgan fingerprint density at radius 3 is 2.72 bits per heavy atom. The first-order chi connectivity index (χ1) is 12.0. The molecule has 2 N–H and O–H groups in total. The molecule has 1 aromatic rings. The van der Waals surface area contributed by atoms with E-state index in [1.807, 2.05) is 13.8 Å². The van der Waals surface area contributed by atoms with Crippen LogP contribution in [-0.2, 0) is 9.59 Å². The number of fused-ring (bicyclic) bond motifs is 1. The first-order valence-corrected chi connectivity index (χ1v) is 8.61. The van der Waals surface area contributed by atoms with E-state index in [9.17, 15) is 14.7 Å². The van der Waals surface area contributed by atoms with Crippen LogP contribution in [-0.4, -0.2) is 49.3 Å². The lowest BCUT2D eigenvalue weighted by molar-refractivity contribution is -0.127. The summed E-state index contributed by atoms with van der Waals surface area (Å²) in [5, 5.41) is 12.2. The Bertz CT molecular complexity index is 661. The van der Waals surface area contributed by atoms with E-state index in [-0.39, 0.29) is 36.8 Å². The molecule has 2 heterocycles. The lowest BCUT2D eigenvalue weighted by Gasteiger charge is -2.23.